The Morgan fingerprint density at radius 2 is 1.86 bits per heavy atom. The molecule has 0 saturated heterocycles. The molecule has 5 heteroatoms. The van der Waals surface area contributed by atoms with Crippen LogP contribution < -0.4 is 0 Å². The minimum atomic E-state index is -0.116. The van der Waals surface area contributed by atoms with Crippen molar-refractivity contribution in [1.82, 2.24) is 15.0 Å². The fourth-order valence-corrected chi connectivity index (χ4v) is 2.71. The molecule has 5 nitrogen and oxygen atoms in total. The predicted octanol–water partition coefficient (Wildman–Crippen LogP) is 2.96. The lowest BCUT2D eigenvalue weighted by Crippen LogP contribution is -2.05. The highest BCUT2D eigenvalue weighted by molar-refractivity contribution is 5.94. The first-order chi connectivity index (χ1) is 10.8. The third kappa shape index (κ3) is 2.44. The molecule has 2 aromatic carbocycles. The van der Waals surface area contributed by atoms with Crippen LogP contribution in [0.4, 0.5) is 0 Å². The molecule has 2 N–H and O–H groups in total. The molecule has 0 amide bonds. The molecule has 22 heavy (non-hydrogen) atoms. The van der Waals surface area contributed by atoms with Gasteiger partial charge in [0.25, 0.3) is 0 Å². The first kappa shape index (κ1) is 14.5. The topological polar surface area (TPSA) is 71.2 Å². The molecule has 3 rings (SSSR count). The van der Waals surface area contributed by atoms with Crippen LogP contribution in [-0.4, -0.2) is 25.2 Å². The quantitative estimate of drug-likeness (QED) is 0.759. The molecule has 0 fully saturated rings. The summed E-state index contributed by atoms with van der Waals surface area (Å²) in [4.78, 5) is 0. The van der Waals surface area contributed by atoms with Crippen LogP contribution in [0.2, 0.25) is 0 Å². The average Bonchev–Trinajstić information content (AvgIpc) is 2.95. The molecule has 0 bridgehead atoms. The molecule has 0 spiro atoms. The number of aromatic nitrogens is 3. The van der Waals surface area contributed by atoms with E-state index in [1.54, 1.807) is 10.7 Å². The number of nitrogens with zero attached hydrogens (tertiary/aromatic N) is 3. The molecule has 1 aromatic heterocycles. The van der Waals surface area contributed by atoms with Crippen molar-refractivity contribution >= 4 is 10.8 Å². The van der Waals surface area contributed by atoms with Crippen LogP contribution in [0.5, 0.6) is 5.75 Å². The Hall–Kier alpha value is -2.40. The first-order valence-electron chi connectivity index (χ1n) is 7.51. The second-order valence-electron chi connectivity index (χ2n) is 5.31. The summed E-state index contributed by atoms with van der Waals surface area (Å²) in [6, 6.07) is 11.2. The number of hydrogen-bond acceptors (Lipinski definition) is 4. The van der Waals surface area contributed by atoms with Crippen LogP contribution >= 0.6 is 0 Å². The summed E-state index contributed by atoms with van der Waals surface area (Å²) >= 11 is 0. The molecular formula is C17H19N3O2. The highest BCUT2D eigenvalue weighted by Crippen LogP contribution is 2.29. The summed E-state index contributed by atoms with van der Waals surface area (Å²) in [6.07, 6.45) is 2.89. The van der Waals surface area contributed by atoms with Crippen molar-refractivity contribution in [3.63, 3.8) is 0 Å². The van der Waals surface area contributed by atoms with E-state index in [0.717, 1.165) is 41.4 Å². The normalized spacial score (nSPS) is 11.2. The monoisotopic (exact) mass is 297 g/mol. The van der Waals surface area contributed by atoms with E-state index in [2.05, 4.69) is 17.2 Å². The number of unbranched alkanes of at least 4 members (excludes halogenated alkanes) is 1. The number of rotatable bonds is 5. The third-order valence-electron chi connectivity index (χ3n) is 3.86. The van der Waals surface area contributed by atoms with E-state index in [0.29, 0.717) is 5.69 Å². The molecule has 1 heterocycles. The minimum absolute atomic E-state index is 0.116. The lowest BCUT2D eigenvalue weighted by molar-refractivity contribution is 0.275. The highest BCUT2D eigenvalue weighted by atomic mass is 16.3. The van der Waals surface area contributed by atoms with Crippen LogP contribution in [0.1, 0.15) is 31.2 Å². The predicted molar refractivity (Wildman–Crippen MR) is 85.1 cm³/mol. The van der Waals surface area contributed by atoms with Crippen LogP contribution in [0.3, 0.4) is 0 Å². The van der Waals surface area contributed by atoms with Crippen LogP contribution in [0, 0.1) is 0 Å². The van der Waals surface area contributed by atoms with Crippen molar-refractivity contribution in [3.8, 4) is 11.4 Å². The van der Waals surface area contributed by atoms with E-state index in [1.807, 2.05) is 30.3 Å². The molecule has 0 aliphatic rings. The molecule has 0 aliphatic heterocycles. The lowest BCUT2D eigenvalue weighted by atomic mass is 10.1. The zero-order chi connectivity index (χ0) is 15.5. The maximum absolute atomic E-state index is 10.0. The number of aliphatic hydroxyl groups is 1. The molecule has 114 valence electrons. The van der Waals surface area contributed by atoms with Crippen molar-refractivity contribution in [2.24, 2.45) is 0 Å². The Labute approximate surface area is 128 Å². The molecule has 0 saturated carbocycles. The molecule has 0 radical (unpaired) electrons. The van der Waals surface area contributed by atoms with Crippen molar-refractivity contribution < 1.29 is 10.2 Å². The number of benzene rings is 2. The van der Waals surface area contributed by atoms with Gasteiger partial charge in [0.2, 0.25) is 0 Å². The summed E-state index contributed by atoms with van der Waals surface area (Å²) in [5, 5.41) is 29.5. The molecule has 0 atom stereocenters. The summed E-state index contributed by atoms with van der Waals surface area (Å²) < 4.78 is 1.78. The van der Waals surface area contributed by atoms with Crippen molar-refractivity contribution in [2.75, 3.05) is 0 Å². The number of phenols is 1. The first-order valence-corrected chi connectivity index (χ1v) is 7.51. The van der Waals surface area contributed by atoms with Crippen LogP contribution in [-0.2, 0) is 13.0 Å². The van der Waals surface area contributed by atoms with Crippen molar-refractivity contribution in [1.29, 1.82) is 0 Å². The van der Waals surface area contributed by atoms with Gasteiger partial charge in [-0.25, -0.2) is 4.68 Å². The third-order valence-corrected chi connectivity index (χ3v) is 3.86. The van der Waals surface area contributed by atoms with Gasteiger partial charge in [0, 0.05) is 10.8 Å². The Bertz CT molecular complexity index is 796. The Morgan fingerprint density at radius 1 is 1.09 bits per heavy atom. The van der Waals surface area contributed by atoms with Gasteiger partial charge in [-0.2, -0.15) is 0 Å². The maximum atomic E-state index is 10.0. The van der Waals surface area contributed by atoms with Gasteiger partial charge >= 0.3 is 0 Å². The summed E-state index contributed by atoms with van der Waals surface area (Å²) in [5.41, 5.74) is 2.41. The molecular weight excluding hydrogens is 278 g/mol. The van der Waals surface area contributed by atoms with E-state index in [4.69, 9.17) is 0 Å². The number of fused-ring (bicyclic) bond motifs is 1. The molecule has 3 aromatic rings. The van der Waals surface area contributed by atoms with Crippen molar-refractivity contribution in [3.05, 3.63) is 47.8 Å². The molecule has 0 aliphatic carbocycles. The SMILES string of the molecule is CCCCc1c(CO)nnn1-c1cccc2c(O)cccc12. The van der Waals surface area contributed by atoms with E-state index in [-0.39, 0.29) is 12.4 Å². The van der Waals surface area contributed by atoms with Crippen molar-refractivity contribution in [2.45, 2.75) is 32.8 Å². The maximum Gasteiger partial charge on any atom is 0.123 e. The van der Waals surface area contributed by atoms with Gasteiger partial charge in [-0.05, 0) is 25.0 Å². The highest BCUT2D eigenvalue weighted by Gasteiger charge is 2.15. The Balaban J connectivity index is 2.19. The van der Waals surface area contributed by atoms with Gasteiger partial charge in [0.15, 0.2) is 0 Å². The zero-order valence-electron chi connectivity index (χ0n) is 12.5. The van der Waals surface area contributed by atoms with Gasteiger partial charge in [-0.3, -0.25) is 0 Å². The van der Waals surface area contributed by atoms with Gasteiger partial charge in [0.1, 0.15) is 11.4 Å². The van der Waals surface area contributed by atoms with E-state index < -0.39 is 0 Å². The average molecular weight is 297 g/mol. The summed E-state index contributed by atoms with van der Waals surface area (Å²) in [6.45, 7) is 2.01. The van der Waals surface area contributed by atoms with E-state index in [9.17, 15) is 10.2 Å². The van der Waals surface area contributed by atoms with Gasteiger partial charge < -0.3 is 10.2 Å². The Morgan fingerprint density at radius 3 is 2.64 bits per heavy atom. The second-order valence-corrected chi connectivity index (χ2v) is 5.31. The number of aromatic hydroxyl groups is 1. The zero-order valence-corrected chi connectivity index (χ0v) is 12.5. The number of phenolic OH excluding ortho intramolecular Hbond substituents is 1. The van der Waals surface area contributed by atoms with E-state index >= 15 is 0 Å². The minimum Gasteiger partial charge on any atom is -0.507 e. The van der Waals surface area contributed by atoms with Crippen LogP contribution in [0.25, 0.3) is 16.5 Å². The molecule has 0 unspecified atom stereocenters. The van der Waals surface area contributed by atoms with Gasteiger partial charge in [-0.1, -0.05) is 42.8 Å². The fourth-order valence-electron chi connectivity index (χ4n) is 2.71. The summed E-state index contributed by atoms with van der Waals surface area (Å²) in [5.74, 6) is 0.247. The smallest absolute Gasteiger partial charge is 0.123 e. The Kier molecular flexibility index (Phi) is 4.06. The summed E-state index contributed by atoms with van der Waals surface area (Å²) in [7, 11) is 0. The number of hydrogen-bond donors (Lipinski definition) is 2. The lowest BCUT2D eigenvalue weighted by Gasteiger charge is -2.11. The van der Waals surface area contributed by atoms with Gasteiger partial charge in [0.05, 0.1) is 18.0 Å². The second kappa shape index (κ2) is 6.15. The van der Waals surface area contributed by atoms with E-state index in [1.165, 1.54) is 0 Å². The van der Waals surface area contributed by atoms with Crippen LogP contribution in [0.15, 0.2) is 36.4 Å². The standard InChI is InChI=1S/C17H19N3O2/c1-2-3-8-16-14(11-21)18-19-20(16)15-9-4-7-13-12(15)6-5-10-17(13)22/h4-7,9-10,21-22H,2-3,8,11H2,1H3. The largest absolute Gasteiger partial charge is 0.507 e. The number of aliphatic hydroxyl groups excluding tert-OH is 1. The fraction of sp³-hybridized carbons (Fsp3) is 0.294. The van der Waals surface area contributed by atoms with Gasteiger partial charge in [-0.15, -0.1) is 5.10 Å².